The highest BCUT2D eigenvalue weighted by atomic mass is 35.5. The average Bonchev–Trinajstić information content (AvgIpc) is 2.45. The Morgan fingerprint density at radius 2 is 0.958 bits per heavy atom. The summed E-state index contributed by atoms with van der Waals surface area (Å²) in [5, 5.41) is 6.20. The molecular weight excluding hydrogens is 381 g/mol. The van der Waals surface area contributed by atoms with E-state index in [-0.39, 0.29) is 10.0 Å². The molecule has 0 atom stereocenters. The second kappa shape index (κ2) is 6.60. The van der Waals surface area contributed by atoms with Crippen molar-refractivity contribution in [1.82, 2.24) is 0 Å². The van der Waals surface area contributed by atoms with Crippen molar-refractivity contribution in [2.45, 2.75) is 12.4 Å². The highest BCUT2D eigenvalue weighted by Crippen LogP contribution is 2.41. The molecule has 128 valence electrons. The number of alkyl halides is 6. The number of rotatable bonds is 2. The number of azo groups is 1. The maximum Gasteiger partial charge on any atom is 0.418 e. The third-order valence-corrected chi connectivity index (χ3v) is 3.26. The van der Waals surface area contributed by atoms with Crippen LogP contribution in [0.4, 0.5) is 37.7 Å². The lowest BCUT2D eigenvalue weighted by atomic mass is 10.1. The minimum Gasteiger partial charge on any atom is -0.166 e. The van der Waals surface area contributed by atoms with E-state index in [2.05, 4.69) is 10.2 Å². The highest BCUT2D eigenvalue weighted by Gasteiger charge is 2.35. The molecule has 2 aromatic carbocycles. The fourth-order valence-corrected chi connectivity index (χ4v) is 2.10. The molecule has 0 heterocycles. The maximum atomic E-state index is 12.9. The van der Waals surface area contributed by atoms with Gasteiger partial charge in [0.25, 0.3) is 0 Å². The van der Waals surface area contributed by atoms with Crippen LogP contribution >= 0.6 is 23.2 Å². The Morgan fingerprint density at radius 1 is 0.625 bits per heavy atom. The van der Waals surface area contributed by atoms with Crippen LogP contribution in [0.3, 0.4) is 0 Å². The van der Waals surface area contributed by atoms with Gasteiger partial charge in [0, 0.05) is 10.0 Å². The lowest BCUT2D eigenvalue weighted by Gasteiger charge is -2.11. The standard InChI is InChI=1S/C14H6Cl2F6N2/c15-7-1-3-11(9(5-7)13(17,18)19)23-24-12-4-2-8(16)6-10(12)14(20,21)22/h1-6H. The van der Waals surface area contributed by atoms with E-state index in [9.17, 15) is 26.3 Å². The molecule has 0 saturated heterocycles. The monoisotopic (exact) mass is 386 g/mol. The molecule has 0 N–H and O–H groups in total. The van der Waals surface area contributed by atoms with E-state index >= 15 is 0 Å². The lowest BCUT2D eigenvalue weighted by molar-refractivity contribution is -0.138. The van der Waals surface area contributed by atoms with Crippen LogP contribution in [0.2, 0.25) is 10.0 Å². The quantitative estimate of drug-likeness (QED) is 0.378. The smallest absolute Gasteiger partial charge is 0.166 e. The van der Waals surface area contributed by atoms with Crippen molar-refractivity contribution in [2.24, 2.45) is 10.2 Å². The van der Waals surface area contributed by atoms with E-state index in [1.165, 1.54) is 0 Å². The van der Waals surface area contributed by atoms with Gasteiger partial charge in [0.05, 0.1) is 22.5 Å². The fourth-order valence-electron chi connectivity index (χ4n) is 1.75. The zero-order chi connectivity index (χ0) is 18.1. The minimum atomic E-state index is -4.79. The van der Waals surface area contributed by atoms with Gasteiger partial charge < -0.3 is 0 Å². The molecule has 0 aliphatic heterocycles. The van der Waals surface area contributed by atoms with Crippen LogP contribution in [0, 0.1) is 0 Å². The number of hydrogen-bond donors (Lipinski definition) is 0. The van der Waals surface area contributed by atoms with Crippen molar-refractivity contribution in [1.29, 1.82) is 0 Å². The average molecular weight is 387 g/mol. The summed E-state index contributed by atoms with van der Waals surface area (Å²) >= 11 is 11.0. The summed E-state index contributed by atoms with van der Waals surface area (Å²) in [7, 11) is 0. The number of benzene rings is 2. The Morgan fingerprint density at radius 3 is 1.25 bits per heavy atom. The predicted molar refractivity (Wildman–Crippen MR) is 77.1 cm³/mol. The summed E-state index contributed by atoms with van der Waals surface area (Å²) in [5.41, 5.74) is -3.73. The molecule has 2 rings (SSSR count). The van der Waals surface area contributed by atoms with Crippen LogP contribution in [0.1, 0.15) is 11.1 Å². The van der Waals surface area contributed by atoms with Crippen LogP contribution in [0.15, 0.2) is 46.6 Å². The first kappa shape index (κ1) is 18.5. The molecule has 0 amide bonds. The van der Waals surface area contributed by atoms with Gasteiger partial charge in [0.1, 0.15) is 0 Å². The van der Waals surface area contributed by atoms with Crippen LogP contribution in [-0.4, -0.2) is 0 Å². The normalized spacial score (nSPS) is 12.8. The van der Waals surface area contributed by atoms with E-state index in [0.29, 0.717) is 12.1 Å². The largest absolute Gasteiger partial charge is 0.418 e. The molecule has 0 aliphatic carbocycles. The van der Waals surface area contributed by atoms with Gasteiger partial charge in [0.15, 0.2) is 0 Å². The summed E-state index contributed by atoms with van der Waals surface area (Å²) in [4.78, 5) is 0. The van der Waals surface area contributed by atoms with Crippen LogP contribution in [-0.2, 0) is 12.4 Å². The van der Waals surface area contributed by atoms with Gasteiger partial charge in [-0.15, -0.1) is 10.2 Å². The van der Waals surface area contributed by atoms with Gasteiger partial charge in [0.2, 0.25) is 0 Å². The second-order valence-corrected chi connectivity index (χ2v) is 5.39. The van der Waals surface area contributed by atoms with Gasteiger partial charge in [-0.1, -0.05) is 23.2 Å². The van der Waals surface area contributed by atoms with Crippen molar-refractivity contribution in [3.8, 4) is 0 Å². The first-order chi connectivity index (χ1) is 11.0. The minimum absolute atomic E-state index is 0.191. The Balaban J connectivity index is 2.50. The van der Waals surface area contributed by atoms with Crippen LogP contribution in [0.5, 0.6) is 0 Å². The number of hydrogen-bond acceptors (Lipinski definition) is 2. The number of halogens is 8. The molecule has 0 unspecified atom stereocenters. The summed E-state index contributed by atoms with van der Waals surface area (Å²) in [6.45, 7) is 0. The zero-order valence-electron chi connectivity index (χ0n) is 11.4. The Labute approximate surface area is 141 Å². The molecule has 0 aromatic heterocycles. The first-order valence-electron chi connectivity index (χ1n) is 6.14. The fraction of sp³-hybridized carbons (Fsp3) is 0.143. The van der Waals surface area contributed by atoms with E-state index in [1.54, 1.807) is 0 Å². The van der Waals surface area contributed by atoms with Crippen molar-refractivity contribution >= 4 is 34.6 Å². The van der Waals surface area contributed by atoms with E-state index in [4.69, 9.17) is 23.2 Å². The van der Waals surface area contributed by atoms with Gasteiger partial charge in [-0.3, -0.25) is 0 Å². The van der Waals surface area contributed by atoms with Crippen LogP contribution < -0.4 is 0 Å². The van der Waals surface area contributed by atoms with E-state index in [1.807, 2.05) is 0 Å². The van der Waals surface area contributed by atoms with Crippen LogP contribution in [0.25, 0.3) is 0 Å². The molecule has 0 spiro atoms. The van der Waals surface area contributed by atoms with E-state index < -0.39 is 34.9 Å². The number of nitrogens with zero attached hydrogens (tertiary/aromatic N) is 2. The van der Waals surface area contributed by atoms with Gasteiger partial charge in [-0.25, -0.2) is 0 Å². The summed E-state index contributed by atoms with van der Waals surface area (Å²) in [6.07, 6.45) is -9.57. The van der Waals surface area contributed by atoms with E-state index in [0.717, 1.165) is 24.3 Å². The molecule has 0 fully saturated rings. The van der Waals surface area contributed by atoms with Crippen molar-refractivity contribution < 1.29 is 26.3 Å². The summed E-state index contributed by atoms with van der Waals surface area (Å²) < 4.78 is 77.5. The zero-order valence-corrected chi connectivity index (χ0v) is 12.9. The van der Waals surface area contributed by atoms with Crippen molar-refractivity contribution in [2.75, 3.05) is 0 Å². The second-order valence-electron chi connectivity index (χ2n) is 4.52. The predicted octanol–water partition coefficient (Wildman–Crippen LogP) is 7.45. The maximum absolute atomic E-state index is 12.9. The summed E-state index contributed by atoms with van der Waals surface area (Å²) in [5.74, 6) is 0. The summed E-state index contributed by atoms with van der Waals surface area (Å²) in [6, 6.07) is 5.30. The lowest BCUT2D eigenvalue weighted by Crippen LogP contribution is -2.05. The molecular formula is C14H6Cl2F6N2. The van der Waals surface area contributed by atoms with Gasteiger partial charge in [-0.2, -0.15) is 26.3 Å². The van der Waals surface area contributed by atoms with Crippen molar-refractivity contribution in [3.63, 3.8) is 0 Å². The first-order valence-corrected chi connectivity index (χ1v) is 6.89. The molecule has 24 heavy (non-hydrogen) atoms. The Bertz CT molecular complexity index is 718. The Hall–Kier alpha value is -1.80. The molecule has 2 nitrogen and oxygen atoms in total. The molecule has 0 aliphatic rings. The Kier molecular flexibility index (Phi) is 5.10. The van der Waals surface area contributed by atoms with Crippen molar-refractivity contribution in [3.05, 3.63) is 57.6 Å². The molecule has 0 saturated carbocycles. The molecule has 10 heteroatoms. The third kappa shape index (κ3) is 4.39. The molecule has 0 radical (unpaired) electrons. The van der Waals surface area contributed by atoms with Gasteiger partial charge >= 0.3 is 12.4 Å². The molecule has 0 bridgehead atoms. The highest BCUT2D eigenvalue weighted by molar-refractivity contribution is 6.31. The SMILES string of the molecule is FC(F)(F)c1cc(Cl)ccc1N=Nc1ccc(Cl)cc1C(F)(F)F. The van der Waals surface area contributed by atoms with Gasteiger partial charge in [-0.05, 0) is 36.4 Å². The topological polar surface area (TPSA) is 24.7 Å². The third-order valence-electron chi connectivity index (χ3n) is 2.79. The molecule has 2 aromatic rings.